The van der Waals surface area contributed by atoms with Crippen LogP contribution in [0.5, 0.6) is 0 Å². The van der Waals surface area contributed by atoms with Crippen molar-refractivity contribution >= 4 is 5.97 Å². The van der Waals surface area contributed by atoms with Crippen molar-refractivity contribution in [2.45, 2.75) is 32.1 Å². The van der Waals surface area contributed by atoms with Gasteiger partial charge in [-0.1, -0.05) is 6.08 Å². The average Bonchev–Trinajstić information content (AvgIpc) is 2.13. The second-order valence-corrected chi connectivity index (χ2v) is 2.71. The highest BCUT2D eigenvalue weighted by molar-refractivity contribution is 5.69. The topological polar surface area (TPSA) is 26.3 Å². The quantitative estimate of drug-likeness (QED) is 0.260. The minimum atomic E-state index is -0.153. The van der Waals surface area contributed by atoms with Gasteiger partial charge in [-0.15, -0.1) is 18.9 Å². The van der Waals surface area contributed by atoms with E-state index in [1.807, 2.05) is 6.08 Å². The molecule has 72 valence electrons. The highest BCUT2D eigenvalue weighted by Gasteiger charge is 2.00. The van der Waals surface area contributed by atoms with Crippen molar-refractivity contribution in [2.75, 3.05) is 6.61 Å². The molecule has 0 aromatic carbocycles. The molecule has 0 aliphatic carbocycles. The Balaban J connectivity index is 3.21. The first kappa shape index (κ1) is 11.8. The molecular weight excluding hydrogens is 164 g/mol. The minimum absolute atomic E-state index is 0.153. The maximum absolute atomic E-state index is 11.0. The lowest BCUT2D eigenvalue weighted by Crippen LogP contribution is -2.05. The van der Waals surface area contributed by atoms with Gasteiger partial charge in [-0.25, -0.2) is 0 Å². The number of esters is 1. The van der Waals surface area contributed by atoms with Crippen LogP contribution >= 0.6 is 0 Å². The molecule has 0 rings (SSSR count). The third-order valence-corrected chi connectivity index (χ3v) is 1.52. The van der Waals surface area contributed by atoms with Crippen LogP contribution in [0.15, 0.2) is 12.7 Å². The van der Waals surface area contributed by atoms with Gasteiger partial charge in [0.15, 0.2) is 0 Å². The van der Waals surface area contributed by atoms with E-state index in [0.717, 1.165) is 19.3 Å². The lowest BCUT2D eigenvalue weighted by molar-refractivity contribution is -0.143. The lowest BCUT2D eigenvalue weighted by Gasteiger charge is -2.01. The van der Waals surface area contributed by atoms with Crippen LogP contribution in [0.1, 0.15) is 32.1 Å². The zero-order chi connectivity index (χ0) is 9.94. The number of allylic oxidation sites excluding steroid dienone is 1. The number of terminal acetylenes is 1. The molecule has 0 aliphatic rings. The van der Waals surface area contributed by atoms with Crippen LogP contribution in [-0.4, -0.2) is 12.6 Å². The fourth-order valence-corrected chi connectivity index (χ4v) is 0.821. The van der Waals surface area contributed by atoms with Crippen molar-refractivity contribution in [3.8, 4) is 12.3 Å². The van der Waals surface area contributed by atoms with Crippen LogP contribution in [0.2, 0.25) is 0 Å². The molecular formula is C11H16O2. The van der Waals surface area contributed by atoms with Gasteiger partial charge in [-0.3, -0.25) is 4.79 Å². The zero-order valence-corrected chi connectivity index (χ0v) is 7.92. The normalized spacial score (nSPS) is 8.85. The Kier molecular flexibility index (Phi) is 8.02. The van der Waals surface area contributed by atoms with Gasteiger partial charge in [0.05, 0.1) is 6.61 Å². The molecule has 0 bridgehead atoms. The molecule has 0 radical (unpaired) electrons. The molecule has 0 N–H and O–H groups in total. The molecule has 0 aromatic heterocycles. The predicted molar refractivity (Wildman–Crippen MR) is 53.1 cm³/mol. The smallest absolute Gasteiger partial charge is 0.305 e. The summed E-state index contributed by atoms with van der Waals surface area (Å²) in [5, 5.41) is 0. The Bertz CT molecular complexity index is 189. The molecule has 0 aliphatic heterocycles. The van der Waals surface area contributed by atoms with Crippen LogP contribution in [-0.2, 0) is 9.53 Å². The van der Waals surface area contributed by atoms with E-state index >= 15 is 0 Å². The first-order valence-corrected chi connectivity index (χ1v) is 4.51. The van der Waals surface area contributed by atoms with E-state index in [1.165, 1.54) is 0 Å². The summed E-state index contributed by atoms with van der Waals surface area (Å²) in [4.78, 5) is 11.0. The molecule has 0 aromatic rings. The molecule has 2 heteroatoms. The van der Waals surface area contributed by atoms with Crippen molar-refractivity contribution < 1.29 is 9.53 Å². The van der Waals surface area contributed by atoms with Crippen LogP contribution < -0.4 is 0 Å². The standard InChI is InChI=1S/C11H16O2/c1-3-5-7-9-11(12)13-10-8-6-4-2/h1,4H,2,5-10H2. The van der Waals surface area contributed by atoms with Crippen molar-refractivity contribution in [2.24, 2.45) is 0 Å². The van der Waals surface area contributed by atoms with Gasteiger partial charge in [0.2, 0.25) is 0 Å². The van der Waals surface area contributed by atoms with Gasteiger partial charge in [0, 0.05) is 12.8 Å². The fourth-order valence-electron chi connectivity index (χ4n) is 0.821. The largest absolute Gasteiger partial charge is 0.466 e. The molecule has 0 saturated carbocycles. The zero-order valence-electron chi connectivity index (χ0n) is 7.92. The van der Waals surface area contributed by atoms with Crippen LogP contribution in [0.3, 0.4) is 0 Å². The predicted octanol–water partition coefficient (Wildman–Crippen LogP) is 2.30. The number of hydrogen-bond acceptors (Lipinski definition) is 2. The number of ether oxygens (including phenoxy) is 1. The molecule has 0 amide bonds. The maximum atomic E-state index is 11.0. The first-order chi connectivity index (χ1) is 6.31. The van der Waals surface area contributed by atoms with E-state index in [1.54, 1.807) is 0 Å². The average molecular weight is 180 g/mol. The number of unbranched alkanes of at least 4 members (excludes halogenated alkanes) is 2. The third kappa shape index (κ3) is 8.68. The summed E-state index contributed by atoms with van der Waals surface area (Å²) in [6.07, 6.45) is 10.4. The van der Waals surface area contributed by atoms with Gasteiger partial charge in [-0.05, 0) is 19.3 Å². The number of carbonyl (C=O) groups is 1. The summed E-state index contributed by atoms with van der Waals surface area (Å²) in [6, 6.07) is 0. The molecule has 0 atom stereocenters. The lowest BCUT2D eigenvalue weighted by atomic mass is 10.2. The molecule has 2 nitrogen and oxygen atoms in total. The van der Waals surface area contributed by atoms with Gasteiger partial charge < -0.3 is 4.74 Å². The SMILES string of the molecule is C#CCCCC(=O)OCCCC=C. The summed E-state index contributed by atoms with van der Waals surface area (Å²) in [5.41, 5.74) is 0. The maximum Gasteiger partial charge on any atom is 0.305 e. The number of hydrogen-bond donors (Lipinski definition) is 0. The van der Waals surface area contributed by atoms with Crippen molar-refractivity contribution in [1.82, 2.24) is 0 Å². The number of carbonyl (C=O) groups excluding carboxylic acids is 1. The highest BCUT2D eigenvalue weighted by atomic mass is 16.5. The summed E-state index contributed by atoms with van der Waals surface area (Å²) in [6.45, 7) is 4.06. The van der Waals surface area contributed by atoms with Gasteiger partial charge in [-0.2, -0.15) is 0 Å². The van der Waals surface area contributed by atoms with Crippen molar-refractivity contribution in [3.05, 3.63) is 12.7 Å². The third-order valence-electron chi connectivity index (χ3n) is 1.52. The van der Waals surface area contributed by atoms with E-state index in [0.29, 0.717) is 19.4 Å². The fraction of sp³-hybridized carbons (Fsp3) is 0.545. The van der Waals surface area contributed by atoms with Crippen LogP contribution in [0, 0.1) is 12.3 Å². The molecule has 0 fully saturated rings. The summed E-state index contributed by atoms with van der Waals surface area (Å²) in [5.74, 6) is 2.32. The Morgan fingerprint density at radius 3 is 2.92 bits per heavy atom. The highest BCUT2D eigenvalue weighted by Crippen LogP contribution is 1.98. The van der Waals surface area contributed by atoms with Crippen LogP contribution in [0.4, 0.5) is 0 Å². The Morgan fingerprint density at radius 2 is 2.31 bits per heavy atom. The van der Waals surface area contributed by atoms with E-state index < -0.39 is 0 Å². The van der Waals surface area contributed by atoms with Crippen LogP contribution in [0.25, 0.3) is 0 Å². The molecule has 0 heterocycles. The summed E-state index contributed by atoms with van der Waals surface area (Å²) < 4.78 is 4.94. The first-order valence-electron chi connectivity index (χ1n) is 4.51. The van der Waals surface area contributed by atoms with Crippen molar-refractivity contribution in [1.29, 1.82) is 0 Å². The molecule has 0 saturated heterocycles. The van der Waals surface area contributed by atoms with Gasteiger partial charge in [0.25, 0.3) is 0 Å². The molecule has 13 heavy (non-hydrogen) atoms. The van der Waals surface area contributed by atoms with E-state index in [-0.39, 0.29) is 5.97 Å². The monoisotopic (exact) mass is 180 g/mol. The van der Waals surface area contributed by atoms with E-state index in [2.05, 4.69) is 12.5 Å². The second-order valence-electron chi connectivity index (χ2n) is 2.71. The summed E-state index contributed by atoms with van der Waals surface area (Å²) in [7, 11) is 0. The van der Waals surface area contributed by atoms with E-state index in [4.69, 9.17) is 11.2 Å². The Hall–Kier alpha value is -1.23. The molecule has 0 spiro atoms. The molecule has 0 unspecified atom stereocenters. The minimum Gasteiger partial charge on any atom is -0.466 e. The Labute approximate surface area is 80.0 Å². The Morgan fingerprint density at radius 1 is 1.54 bits per heavy atom. The van der Waals surface area contributed by atoms with Gasteiger partial charge in [0.1, 0.15) is 0 Å². The van der Waals surface area contributed by atoms with Crippen molar-refractivity contribution in [3.63, 3.8) is 0 Å². The van der Waals surface area contributed by atoms with E-state index in [9.17, 15) is 4.79 Å². The second kappa shape index (κ2) is 8.86. The summed E-state index contributed by atoms with van der Waals surface area (Å²) >= 11 is 0. The number of rotatable bonds is 7. The van der Waals surface area contributed by atoms with Gasteiger partial charge >= 0.3 is 5.97 Å².